The first-order chi connectivity index (χ1) is 13.4. The monoisotopic (exact) mass is 392 g/mol. The van der Waals surface area contributed by atoms with Crippen LogP contribution in [0.2, 0.25) is 0 Å². The highest BCUT2D eigenvalue weighted by molar-refractivity contribution is 7.18. The maximum atomic E-state index is 12.2. The number of thiazole rings is 1. The van der Waals surface area contributed by atoms with Crippen molar-refractivity contribution in [3.05, 3.63) is 70.6 Å². The highest BCUT2D eigenvalue weighted by atomic mass is 32.1. The van der Waals surface area contributed by atoms with Gasteiger partial charge in [0.05, 0.1) is 10.6 Å². The molecule has 1 N–H and O–H groups in total. The lowest BCUT2D eigenvalue weighted by Gasteiger charge is -2.03. The van der Waals surface area contributed by atoms with Crippen LogP contribution in [0.3, 0.4) is 0 Å². The molecule has 0 unspecified atom stereocenters. The van der Waals surface area contributed by atoms with Crippen molar-refractivity contribution in [1.29, 1.82) is 0 Å². The van der Waals surface area contributed by atoms with E-state index in [9.17, 15) is 14.4 Å². The summed E-state index contributed by atoms with van der Waals surface area (Å²) >= 11 is 1.15. The third kappa shape index (κ3) is 4.78. The van der Waals surface area contributed by atoms with E-state index in [0.29, 0.717) is 21.3 Å². The van der Waals surface area contributed by atoms with Gasteiger partial charge in [-0.05, 0) is 6.92 Å². The van der Waals surface area contributed by atoms with Crippen molar-refractivity contribution in [2.24, 2.45) is 0 Å². The van der Waals surface area contributed by atoms with Crippen LogP contribution in [-0.4, -0.2) is 22.5 Å². The molecule has 1 amide bonds. The first-order valence-electron chi connectivity index (χ1n) is 8.91. The van der Waals surface area contributed by atoms with Crippen LogP contribution in [-0.2, 0) is 4.79 Å². The average molecular weight is 392 g/mol. The summed E-state index contributed by atoms with van der Waals surface area (Å²) in [5.74, 6) is -0.487. The zero-order valence-electron chi connectivity index (χ0n) is 15.7. The van der Waals surface area contributed by atoms with Crippen LogP contribution in [0.15, 0.2) is 54.6 Å². The number of rotatable bonds is 7. The molecule has 2 aromatic carbocycles. The number of carbonyl (C=O) groups is 3. The number of Topliss-reactive ketones (excluding diaryl/α,β-unsaturated/α-hetero) is 2. The topological polar surface area (TPSA) is 76.1 Å². The predicted octanol–water partition coefficient (Wildman–Crippen LogP) is 4.92. The van der Waals surface area contributed by atoms with E-state index in [2.05, 4.69) is 10.3 Å². The van der Waals surface area contributed by atoms with Crippen LogP contribution < -0.4 is 5.32 Å². The third-order valence-corrected chi connectivity index (χ3v) is 5.26. The fraction of sp³-hybridized carbons (Fsp3) is 0.182. The molecule has 0 aliphatic rings. The van der Waals surface area contributed by atoms with Gasteiger partial charge in [-0.25, -0.2) is 4.98 Å². The van der Waals surface area contributed by atoms with Gasteiger partial charge >= 0.3 is 0 Å². The van der Waals surface area contributed by atoms with Crippen molar-refractivity contribution in [1.82, 2.24) is 4.98 Å². The Morgan fingerprint density at radius 3 is 2.29 bits per heavy atom. The minimum Gasteiger partial charge on any atom is -0.302 e. The molecule has 1 heterocycles. The molecular weight excluding hydrogens is 372 g/mol. The van der Waals surface area contributed by atoms with Gasteiger partial charge in [-0.3, -0.25) is 14.4 Å². The number of hydrogen-bond acceptors (Lipinski definition) is 5. The SMILES string of the molecule is CC(=O)c1sc(NC(=O)CCC(=O)c2ccc(C)cc2)nc1-c1ccccc1. The summed E-state index contributed by atoms with van der Waals surface area (Å²) in [4.78, 5) is 41.3. The number of anilines is 1. The van der Waals surface area contributed by atoms with Crippen LogP contribution in [0.25, 0.3) is 11.3 Å². The van der Waals surface area contributed by atoms with Crippen molar-refractivity contribution in [3.8, 4) is 11.3 Å². The second-order valence-electron chi connectivity index (χ2n) is 6.46. The van der Waals surface area contributed by atoms with E-state index in [4.69, 9.17) is 0 Å². The van der Waals surface area contributed by atoms with Crippen molar-refractivity contribution in [2.45, 2.75) is 26.7 Å². The number of nitrogens with one attached hydrogen (secondary N) is 1. The Morgan fingerprint density at radius 2 is 1.64 bits per heavy atom. The molecule has 5 nitrogen and oxygen atoms in total. The molecule has 28 heavy (non-hydrogen) atoms. The molecule has 0 atom stereocenters. The summed E-state index contributed by atoms with van der Waals surface area (Å²) in [5.41, 5.74) is 3.05. The number of aromatic nitrogens is 1. The Labute approximate surface area is 167 Å². The maximum Gasteiger partial charge on any atom is 0.226 e. The lowest BCUT2D eigenvalue weighted by molar-refractivity contribution is -0.116. The quantitative estimate of drug-likeness (QED) is 0.579. The van der Waals surface area contributed by atoms with E-state index in [0.717, 1.165) is 22.5 Å². The number of ketones is 2. The summed E-state index contributed by atoms with van der Waals surface area (Å²) in [6.07, 6.45) is 0.174. The van der Waals surface area contributed by atoms with Crippen molar-refractivity contribution in [3.63, 3.8) is 0 Å². The number of amides is 1. The molecule has 0 bridgehead atoms. The van der Waals surface area contributed by atoms with Crippen LogP contribution in [0, 0.1) is 6.92 Å². The second kappa shape index (κ2) is 8.71. The zero-order chi connectivity index (χ0) is 20.1. The molecule has 0 aliphatic carbocycles. The van der Waals surface area contributed by atoms with E-state index in [1.54, 1.807) is 12.1 Å². The Kier molecular flexibility index (Phi) is 6.11. The van der Waals surface area contributed by atoms with E-state index >= 15 is 0 Å². The standard InChI is InChI=1S/C22H20N2O3S/c1-14-8-10-16(11-9-14)18(26)12-13-19(27)23-22-24-20(21(28-22)15(2)25)17-6-4-3-5-7-17/h3-11H,12-13H2,1-2H3,(H,23,24,27). The smallest absolute Gasteiger partial charge is 0.226 e. The fourth-order valence-electron chi connectivity index (χ4n) is 2.70. The molecule has 0 radical (unpaired) electrons. The van der Waals surface area contributed by atoms with Gasteiger partial charge in [0.1, 0.15) is 0 Å². The van der Waals surface area contributed by atoms with E-state index in [-0.39, 0.29) is 30.3 Å². The highest BCUT2D eigenvalue weighted by Crippen LogP contribution is 2.31. The molecule has 1 aromatic heterocycles. The third-order valence-electron chi connectivity index (χ3n) is 4.19. The number of benzene rings is 2. The lowest BCUT2D eigenvalue weighted by Crippen LogP contribution is -2.13. The minimum absolute atomic E-state index is 0.0579. The molecule has 0 saturated heterocycles. The first kappa shape index (κ1) is 19.6. The summed E-state index contributed by atoms with van der Waals surface area (Å²) in [6.45, 7) is 3.43. The molecule has 0 spiro atoms. The molecule has 0 saturated carbocycles. The highest BCUT2D eigenvalue weighted by Gasteiger charge is 2.18. The summed E-state index contributed by atoms with van der Waals surface area (Å²) in [6, 6.07) is 16.6. The summed E-state index contributed by atoms with van der Waals surface area (Å²) in [7, 11) is 0. The van der Waals surface area contributed by atoms with Gasteiger partial charge in [0.2, 0.25) is 5.91 Å². The van der Waals surface area contributed by atoms with Crippen molar-refractivity contribution < 1.29 is 14.4 Å². The van der Waals surface area contributed by atoms with Crippen LogP contribution in [0.5, 0.6) is 0 Å². The zero-order valence-corrected chi connectivity index (χ0v) is 16.5. The number of nitrogens with zero attached hydrogens (tertiary/aromatic N) is 1. The molecule has 142 valence electrons. The number of aryl methyl sites for hydroxylation is 1. The van der Waals surface area contributed by atoms with Crippen LogP contribution in [0.4, 0.5) is 5.13 Å². The predicted molar refractivity (Wildman–Crippen MR) is 111 cm³/mol. The largest absolute Gasteiger partial charge is 0.302 e. The summed E-state index contributed by atoms with van der Waals surface area (Å²) < 4.78 is 0. The van der Waals surface area contributed by atoms with Gasteiger partial charge in [-0.2, -0.15) is 0 Å². The molecule has 3 rings (SSSR count). The van der Waals surface area contributed by atoms with Gasteiger partial charge < -0.3 is 5.32 Å². The second-order valence-corrected chi connectivity index (χ2v) is 7.46. The normalized spacial score (nSPS) is 10.5. The Bertz CT molecular complexity index is 1010. The van der Waals surface area contributed by atoms with Gasteiger partial charge in [-0.1, -0.05) is 71.5 Å². The maximum absolute atomic E-state index is 12.2. The average Bonchev–Trinajstić information content (AvgIpc) is 3.11. The van der Waals surface area contributed by atoms with Crippen LogP contribution >= 0.6 is 11.3 Å². The lowest BCUT2D eigenvalue weighted by atomic mass is 10.1. The van der Waals surface area contributed by atoms with Gasteiger partial charge in [0.15, 0.2) is 16.7 Å². The molecule has 3 aromatic rings. The Morgan fingerprint density at radius 1 is 0.964 bits per heavy atom. The number of hydrogen-bond donors (Lipinski definition) is 1. The van der Waals surface area contributed by atoms with E-state index in [1.165, 1.54) is 6.92 Å². The number of carbonyl (C=O) groups excluding carboxylic acids is 3. The molecule has 0 fully saturated rings. The van der Waals surface area contributed by atoms with Gasteiger partial charge in [-0.15, -0.1) is 0 Å². The molecular formula is C22H20N2O3S. The van der Waals surface area contributed by atoms with Crippen molar-refractivity contribution >= 4 is 33.9 Å². The molecule has 6 heteroatoms. The Hall–Kier alpha value is -3.12. The van der Waals surface area contributed by atoms with Gasteiger partial charge in [0.25, 0.3) is 0 Å². The fourth-order valence-corrected chi connectivity index (χ4v) is 3.60. The first-order valence-corrected chi connectivity index (χ1v) is 9.72. The van der Waals surface area contributed by atoms with Gasteiger partial charge in [0, 0.05) is 30.9 Å². The minimum atomic E-state index is -0.302. The van der Waals surface area contributed by atoms with E-state index in [1.807, 2.05) is 49.4 Å². The van der Waals surface area contributed by atoms with E-state index < -0.39 is 0 Å². The molecule has 0 aliphatic heterocycles. The Balaban J connectivity index is 1.66. The van der Waals surface area contributed by atoms with Crippen molar-refractivity contribution in [2.75, 3.05) is 5.32 Å². The van der Waals surface area contributed by atoms with Crippen LogP contribution in [0.1, 0.15) is 45.4 Å². The summed E-state index contributed by atoms with van der Waals surface area (Å²) in [5, 5.41) is 3.07.